The molecule has 7 nitrogen and oxygen atoms in total. The lowest BCUT2D eigenvalue weighted by atomic mass is 10.3. The van der Waals surface area contributed by atoms with E-state index in [2.05, 4.69) is 14.7 Å². The number of fused-ring (bicyclic) bond motifs is 1. The van der Waals surface area contributed by atoms with Crippen LogP contribution in [0.3, 0.4) is 0 Å². The Balaban J connectivity index is 2.55. The summed E-state index contributed by atoms with van der Waals surface area (Å²) in [5, 5.41) is 0. The van der Waals surface area contributed by atoms with Gasteiger partial charge in [-0.2, -0.15) is 0 Å². The second kappa shape index (κ2) is 4.30. The van der Waals surface area contributed by atoms with Crippen molar-refractivity contribution in [1.82, 2.24) is 9.97 Å². The Morgan fingerprint density at radius 2 is 2.22 bits per heavy atom. The molecule has 0 fully saturated rings. The number of aromatic amines is 1. The maximum atomic E-state index is 11.5. The molecular weight excluding hydrogens is 256 g/mol. The molecule has 0 spiro atoms. The van der Waals surface area contributed by atoms with Gasteiger partial charge in [-0.05, 0) is 19.1 Å². The van der Waals surface area contributed by atoms with Crippen molar-refractivity contribution >= 4 is 32.7 Å². The van der Waals surface area contributed by atoms with Crippen molar-refractivity contribution < 1.29 is 13.2 Å². The maximum Gasteiger partial charge on any atom is 0.284 e. The third kappa shape index (κ3) is 2.28. The first-order chi connectivity index (χ1) is 8.43. The van der Waals surface area contributed by atoms with Gasteiger partial charge >= 0.3 is 0 Å². The lowest BCUT2D eigenvalue weighted by Gasteiger charge is -2.05. The molecule has 1 heterocycles. The van der Waals surface area contributed by atoms with Crippen LogP contribution >= 0.6 is 0 Å². The van der Waals surface area contributed by atoms with Gasteiger partial charge in [-0.25, -0.2) is 13.4 Å². The summed E-state index contributed by atoms with van der Waals surface area (Å²) < 4.78 is 25.4. The lowest BCUT2D eigenvalue weighted by Crippen LogP contribution is -2.15. The molecule has 0 unspecified atom stereocenters. The van der Waals surface area contributed by atoms with Crippen molar-refractivity contribution in [2.75, 3.05) is 10.5 Å². The van der Waals surface area contributed by atoms with E-state index >= 15 is 0 Å². The highest BCUT2D eigenvalue weighted by Gasteiger charge is 2.14. The molecule has 0 atom stereocenters. The first-order valence-corrected chi connectivity index (χ1v) is 6.87. The number of hydrogen-bond donors (Lipinski definition) is 3. The molecule has 0 radical (unpaired) electrons. The number of rotatable bonds is 4. The molecule has 0 saturated heterocycles. The first kappa shape index (κ1) is 12.4. The molecule has 8 heteroatoms. The van der Waals surface area contributed by atoms with Crippen LogP contribution in [0, 0.1) is 0 Å². The Morgan fingerprint density at radius 1 is 1.50 bits per heavy atom. The summed E-state index contributed by atoms with van der Waals surface area (Å²) in [6.45, 7) is 1.53. The highest BCUT2D eigenvalue weighted by atomic mass is 32.2. The van der Waals surface area contributed by atoms with E-state index in [0.29, 0.717) is 16.7 Å². The second-order valence-corrected chi connectivity index (χ2v) is 5.67. The molecule has 0 aliphatic rings. The van der Waals surface area contributed by atoms with Crippen LogP contribution in [0.1, 0.15) is 17.5 Å². The fourth-order valence-corrected chi connectivity index (χ4v) is 2.12. The lowest BCUT2D eigenvalue weighted by molar-refractivity contribution is 0.0991. The number of primary amides is 1. The molecule has 0 aliphatic carbocycles. The zero-order valence-corrected chi connectivity index (χ0v) is 10.4. The van der Waals surface area contributed by atoms with Gasteiger partial charge in [0.05, 0.1) is 17.0 Å². The van der Waals surface area contributed by atoms with Crippen LogP contribution in [0.2, 0.25) is 0 Å². The van der Waals surface area contributed by atoms with Crippen LogP contribution in [0.15, 0.2) is 18.2 Å². The summed E-state index contributed by atoms with van der Waals surface area (Å²) in [5.74, 6) is -0.750. The maximum absolute atomic E-state index is 11.5. The van der Waals surface area contributed by atoms with E-state index in [1.165, 1.54) is 6.92 Å². The molecule has 1 aromatic heterocycles. The summed E-state index contributed by atoms with van der Waals surface area (Å²) in [6, 6.07) is 4.90. The molecule has 2 rings (SSSR count). The smallest absolute Gasteiger partial charge is 0.284 e. The minimum atomic E-state index is -3.40. The second-order valence-electron chi connectivity index (χ2n) is 3.66. The molecule has 1 amide bonds. The van der Waals surface area contributed by atoms with Gasteiger partial charge in [-0.1, -0.05) is 6.07 Å². The number of nitrogens with zero attached hydrogens (tertiary/aromatic N) is 1. The monoisotopic (exact) mass is 268 g/mol. The minimum absolute atomic E-state index is 0.00635. The number of H-pyrrole nitrogens is 1. The molecule has 0 saturated carbocycles. The van der Waals surface area contributed by atoms with Gasteiger partial charge < -0.3 is 10.7 Å². The first-order valence-electron chi connectivity index (χ1n) is 5.22. The van der Waals surface area contributed by atoms with Crippen LogP contribution in [-0.2, 0) is 10.0 Å². The van der Waals surface area contributed by atoms with E-state index in [4.69, 9.17) is 5.73 Å². The third-order valence-corrected chi connectivity index (χ3v) is 3.68. The fourth-order valence-electron chi connectivity index (χ4n) is 1.47. The highest BCUT2D eigenvalue weighted by Crippen LogP contribution is 2.22. The van der Waals surface area contributed by atoms with Gasteiger partial charge in [0.1, 0.15) is 5.52 Å². The van der Waals surface area contributed by atoms with Crippen LogP contribution in [0.25, 0.3) is 11.0 Å². The van der Waals surface area contributed by atoms with Crippen molar-refractivity contribution in [3.05, 3.63) is 24.0 Å². The van der Waals surface area contributed by atoms with E-state index in [1.54, 1.807) is 18.2 Å². The van der Waals surface area contributed by atoms with Crippen LogP contribution in [-0.4, -0.2) is 30.0 Å². The van der Waals surface area contributed by atoms with Gasteiger partial charge in [0.15, 0.2) is 5.82 Å². The van der Waals surface area contributed by atoms with E-state index in [1.807, 2.05) is 0 Å². The average Bonchev–Trinajstić information content (AvgIpc) is 2.74. The number of nitrogens with two attached hydrogens (primary N) is 1. The number of para-hydroxylation sites is 1. The third-order valence-electron chi connectivity index (χ3n) is 2.39. The highest BCUT2D eigenvalue weighted by molar-refractivity contribution is 7.92. The van der Waals surface area contributed by atoms with Crippen LogP contribution in [0.5, 0.6) is 0 Å². The largest absolute Gasteiger partial charge is 0.363 e. The zero-order chi connectivity index (χ0) is 13.3. The summed E-state index contributed by atoms with van der Waals surface area (Å²) in [6.07, 6.45) is 0. The van der Waals surface area contributed by atoms with Crippen molar-refractivity contribution in [1.29, 1.82) is 0 Å². The van der Waals surface area contributed by atoms with Crippen molar-refractivity contribution in [2.45, 2.75) is 6.92 Å². The zero-order valence-electron chi connectivity index (χ0n) is 9.60. The van der Waals surface area contributed by atoms with Crippen LogP contribution < -0.4 is 10.5 Å². The molecule has 0 aliphatic heterocycles. The van der Waals surface area contributed by atoms with E-state index in [0.717, 1.165) is 0 Å². The SMILES string of the molecule is CCS(=O)(=O)Nc1cccc2[nH]c(C(N)=O)nc12. The fraction of sp³-hybridized carbons (Fsp3) is 0.200. The standard InChI is InChI=1S/C10H12N4O3S/c1-2-18(16,17)14-7-5-3-4-6-8(7)13-10(12-6)9(11)15/h3-5,14H,2H2,1H3,(H2,11,15)(H,12,13). The minimum Gasteiger partial charge on any atom is -0.363 e. The topological polar surface area (TPSA) is 118 Å². The molecular formula is C10H12N4O3S. The summed E-state index contributed by atoms with van der Waals surface area (Å²) >= 11 is 0. The van der Waals surface area contributed by atoms with Crippen molar-refractivity contribution in [3.63, 3.8) is 0 Å². The number of sulfonamides is 1. The van der Waals surface area contributed by atoms with E-state index < -0.39 is 15.9 Å². The Bertz CT molecular complexity index is 705. The van der Waals surface area contributed by atoms with Gasteiger partial charge in [-0.15, -0.1) is 0 Å². The normalized spacial score (nSPS) is 11.6. The number of amides is 1. The Kier molecular flexibility index (Phi) is 2.95. The number of anilines is 1. The van der Waals surface area contributed by atoms with Gasteiger partial charge in [0.25, 0.3) is 5.91 Å². The molecule has 18 heavy (non-hydrogen) atoms. The van der Waals surface area contributed by atoms with Crippen molar-refractivity contribution in [2.24, 2.45) is 5.73 Å². The van der Waals surface area contributed by atoms with E-state index in [9.17, 15) is 13.2 Å². The summed E-state index contributed by atoms with van der Waals surface area (Å²) in [7, 11) is -3.40. The van der Waals surface area contributed by atoms with Gasteiger partial charge in [0, 0.05) is 0 Å². The number of imidazole rings is 1. The molecule has 4 N–H and O–H groups in total. The van der Waals surface area contributed by atoms with Crippen LogP contribution in [0.4, 0.5) is 5.69 Å². The average molecular weight is 268 g/mol. The van der Waals surface area contributed by atoms with Gasteiger partial charge in [-0.3, -0.25) is 9.52 Å². The predicted molar refractivity (Wildman–Crippen MR) is 67.7 cm³/mol. The quantitative estimate of drug-likeness (QED) is 0.744. The summed E-state index contributed by atoms with van der Waals surface area (Å²) in [5.41, 5.74) is 6.33. The number of aromatic nitrogens is 2. The number of hydrogen-bond acceptors (Lipinski definition) is 4. The number of nitrogens with one attached hydrogen (secondary N) is 2. The predicted octanol–water partition coefficient (Wildman–Crippen LogP) is 0.423. The molecule has 2 aromatic rings. The molecule has 96 valence electrons. The number of carbonyl (C=O) groups is 1. The van der Waals surface area contributed by atoms with Crippen molar-refractivity contribution in [3.8, 4) is 0 Å². The van der Waals surface area contributed by atoms with E-state index in [-0.39, 0.29) is 11.6 Å². The van der Waals surface area contributed by atoms with Gasteiger partial charge in [0.2, 0.25) is 10.0 Å². The Labute approximate surface area is 103 Å². The molecule has 1 aromatic carbocycles. The summed E-state index contributed by atoms with van der Waals surface area (Å²) in [4.78, 5) is 17.7. The Hall–Kier alpha value is -2.09. The molecule has 0 bridgehead atoms. The number of carbonyl (C=O) groups excluding carboxylic acids is 1. The Morgan fingerprint density at radius 3 is 2.83 bits per heavy atom. The number of benzene rings is 1.